The molecular weight excluding hydrogens is 275 g/mol. The zero-order valence-corrected chi connectivity index (χ0v) is 11.9. The van der Waals surface area contributed by atoms with Crippen molar-refractivity contribution in [1.82, 2.24) is 4.90 Å². The quantitative estimate of drug-likeness (QED) is 0.871. The SMILES string of the molecule is CC(C)(C)CCC(=O)N1CCC(C(=O)O)(C(F)(F)F)C1. The van der Waals surface area contributed by atoms with Gasteiger partial charge in [0, 0.05) is 19.5 Å². The number of likely N-dealkylation sites (tertiary alicyclic amines) is 1. The van der Waals surface area contributed by atoms with E-state index in [4.69, 9.17) is 5.11 Å². The van der Waals surface area contributed by atoms with Crippen LogP contribution in [0.4, 0.5) is 13.2 Å². The van der Waals surface area contributed by atoms with Crippen LogP contribution in [0.1, 0.15) is 40.0 Å². The summed E-state index contributed by atoms with van der Waals surface area (Å²) < 4.78 is 38.9. The van der Waals surface area contributed by atoms with Crippen LogP contribution in [0.2, 0.25) is 0 Å². The summed E-state index contributed by atoms with van der Waals surface area (Å²) in [4.78, 5) is 23.9. The van der Waals surface area contributed by atoms with E-state index < -0.39 is 36.4 Å². The van der Waals surface area contributed by atoms with Gasteiger partial charge in [-0.05, 0) is 18.3 Å². The summed E-state index contributed by atoms with van der Waals surface area (Å²) in [6.45, 7) is 4.86. The highest BCUT2D eigenvalue weighted by Crippen LogP contribution is 2.45. The molecular formula is C13H20F3NO3. The van der Waals surface area contributed by atoms with E-state index in [2.05, 4.69) is 0 Å². The van der Waals surface area contributed by atoms with Gasteiger partial charge in [-0.25, -0.2) is 0 Å². The van der Waals surface area contributed by atoms with Gasteiger partial charge in [-0.15, -0.1) is 0 Å². The van der Waals surface area contributed by atoms with Crippen molar-refractivity contribution in [3.63, 3.8) is 0 Å². The summed E-state index contributed by atoms with van der Waals surface area (Å²) in [5.41, 5.74) is -2.91. The molecule has 1 N–H and O–H groups in total. The van der Waals surface area contributed by atoms with Crippen LogP contribution in [0.3, 0.4) is 0 Å². The highest BCUT2D eigenvalue weighted by atomic mass is 19.4. The standard InChI is InChI=1S/C13H20F3NO3/c1-11(2,3)5-4-9(18)17-7-6-12(8-17,10(19)20)13(14,15)16/h4-8H2,1-3H3,(H,19,20). The minimum atomic E-state index is -4.85. The van der Waals surface area contributed by atoms with E-state index in [9.17, 15) is 22.8 Å². The predicted molar refractivity (Wildman–Crippen MR) is 66.0 cm³/mol. The second-order valence-electron chi connectivity index (χ2n) is 6.51. The molecule has 20 heavy (non-hydrogen) atoms. The first kappa shape index (κ1) is 16.8. The number of alkyl halides is 3. The second-order valence-corrected chi connectivity index (χ2v) is 6.51. The molecule has 1 fully saturated rings. The van der Waals surface area contributed by atoms with Gasteiger partial charge in [0.2, 0.25) is 5.91 Å². The molecule has 0 aromatic heterocycles. The minimum Gasteiger partial charge on any atom is -0.481 e. The molecule has 1 aliphatic heterocycles. The van der Waals surface area contributed by atoms with Gasteiger partial charge in [-0.3, -0.25) is 9.59 Å². The lowest BCUT2D eigenvalue weighted by molar-refractivity contribution is -0.227. The normalized spacial score (nSPS) is 24.0. The van der Waals surface area contributed by atoms with E-state index in [1.54, 1.807) is 0 Å². The van der Waals surface area contributed by atoms with Crippen molar-refractivity contribution in [3.05, 3.63) is 0 Å². The van der Waals surface area contributed by atoms with Crippen molar-refractivity contribution in [3.8, 4) is 0 Å². The predicted octanol–water partition coefficient (Wildman–Crippen LogP) is 2.68. The molecule has 0 spiro atoms. The van der Waals surface area contributed by atoms with Crippen LogP contribution in [0, 0.1) is 10.8 Å². The average Bonchev–Trinajstić information content (AvgIpc) is 2.70. The van der Waals surface area contributed by atoms with Crippen molar-refractivity contribution in [2.75, 3.05) is 13.1 Å². The summed E-state index contributed by atoms with van der Waals surface area (Å²) in [5, 5.41) is 8.90. The van der Waals surface area contributed by atoms with Gasteiger partial charge in [0.25, 0.3) is 0 Å². The minimum absolute atomic E-state index is 0.0940. The molecule has 1 unspecified atom stereocenters. The molecule has 1 rings (SSSR count). The third-order valence-electron chi connectivity index (χ3n) is 3.66. The topological polar surface area (TPSA) is 57.6 Å². The Bertz CT molecular complexity index is 401. The van der Waals surface area contributed by atoms with Crippen LogP contribution in [-0.4, -0.2) is 41.1 Å². The monoisotopic (exact) mass is 295 g/mol. The van der Waals surface area contributed by atoms with Crippen LogP contribution in [-0.2, 0) is 9.59 Å². The Hall–Kier alpha value is -1.27. The van der Waals surface area contributed by atoms with Crippen LogP contribution in [0.5, 0.6) is 0 Å². The van der Waals surface area contributed by atoms with Crippen molar-refractivity contribution < 1.29 is 27.9 Å². The number of carboxylic acid groups (broad SMARTS) is 1. The van der Waals surface area contributed by atoms with E-state index in [0.29, 0.717) is 6.42 Å². The summed E-state index contributed by atoms with van der Waals surface area (Å²) in [7, 11) is 0. The maximum absolute atomic E-state index is 13.0. The van der Waals surface area contributed by atoms with Crippen molar-refractivity contribution >= 4 is 11.9 Å². The van der Waals surface area contributed by atoms with Crippen LogP contribution < -0.4 is 0 Å². The van der Waals surface area contributed by atoms with Gasteiger partial charge >= 0.3 is 12.1 Å². The molecule has 0 radical (unpaired) electrons. The van der Waals surface area contributed by atoms with Gasteiger partial charge in [-0.2, -0.15) is 13.2 Å². The molecule has 116 valence electrons. The number of hydrogen-bond donors (Lipinski definition) is 1. The van der Waals surface area contributed by atoms with Crippen molar-refractivity contribution in [1.29, 1.82) is 0 Å². The first-order valence-corrected chi connectivity index (χ1v) is 6.47. The Morgan fingerprint density at radius 1 is 1.25 bits per heavy atom. The third kappa shape index (κ3) is 3.43. The average molecular weight is 295 g/mol. The van der Waals surface area contributed by atoms with Crippen molar-refractivity contribution in [2.45, 2.75) is 46.2 Å². The molecule has 0 aromatic carbocycles. The van der Waals surface area contributed by atoms with Crippen LogP contribution >= 0.6 is 0 Å². The molecule has 0 bridgehead atoms. The smallest absolute Gasteiger partial charge is 0.406 e. The molecule has 1 aliphatic rings. The Kier molecular flexibility index (Phi) is 4.41. The van der Waals surface area contributed by atoms with Gasteiger partial charge in [0.1, 0.15) is 0 Å². The molecule has 1 saturated heterocycles. The first-order chi connectivity index (χ1) is 8.89. The number of carbonyl (C=O) groups excluding carboxylic acids is 1. The summed E-state index contributed by atoms with van der Waals surface area (Å²) >= 11 is 0. The Labute approximate surface area is 115 Å². The van der Waals surface area contributed by atoms with Crippen LogP contribution in [0.15, 0.2) is 0 Å². The van der Waals surface area contributed by atoms with Crippen molar-refractivity contribution in [2.24, 2.45) is 10.8 Å². The highest BCUT2D eigenvalue weighted by molar-refractivity contribution is 5.81. The molecule has 1 heterocycles. The van der Waals surface area contributed by atoms with E-state index in [-0.39, 0.29) is 18.4 Å². The highest BCUT2D eigenvalue weighted by Gasteiger charge is 2.64. The fourth-order valence-corrected chi connectivity index (χ4v) is 2.19. The number of nitrogens with zero attached hydrogens (tertiary/aromatic N) is 1. The number of rotatable bonds is 3. The number of aliphatic carboxylic acids is 1. The molecule has 0 aromatic rings. The summed E-state index contributed by atoms with van der Waals surface area (Å²) in [6.07, 6.45) is -4.74. The fraction of sp³-hybridized carbons (Fsp3) is 0.846. The van der Waals surface area contributed by atoms with Gasteiger partial charge in [0.05, 0.1) is 0 Å². The molecule has 0 saturated carbocycles. The first-order valence-electron chi connectivity index (χ1n) is 6.47. The Morgan fingerprint density at radius 2 is 1.80 bits per heavy atom. The van der Waals surface area contributed by atoms with Gasteiger partial charge < -0.3 is 10.0 Å². The Balaban J connectivity index is 2.75. The molecule has 1 atom stereocenters. The molecule has 0 aliphatic carbocycles. The Morgan fingerprint density at radius 3 is 2.15 bits per heavy atom. The largest absolute Gasteiger partial charge is 0.481 e. The van der Waals surface area contributed by atoms with Gasteiger partial charge in [0.15, 0.2) is 5.41 Å². The molecule has 4 nitrogen and oxygen atoms in total. The number of hydrogen-bond acceptors (Lipinski definition) is 2. The fourth-order valence-electron chi connectivity index (χ4n) is 2.19. The summed E-state index contributed by atoms with van der Waals surface area (Å²) in [5.74, 6) is -2.32. The second kappa shape index (κ2) is 5.26. The molecule has 1 amide bonds. The van der Waals surface area contributed by atoms with E-state index in [1.807, 2.05) is 20.8 Å². The van der Waals surface area contributed by atoms with Crippen LogP contribution in [0.25, 0.3) is 0 Å². The number of amides is 1. The lowest BCUT2D eigenvalue weighted by atomic mass is 9.86. The number of halogens is 3. The van der Waals surface area contributed by atoms with E-state index in [1.165, 1.54) is 0 Å². The van der Waals surface area contributed by atoms with Gasteiger partial charge in [-0.1, -0.05) is 20.8 Å². The van der Waals surface area contributed by atoms with E-state index >= 15 is 0 Å². The third-order valence-corrected chi connectivity index (χ3v) is 3.66. The maximum Gasteiger partial charge on any atom is 0.406 e. The lowest BCUT2D eigenvalue weighted by Gasteiger charge is -2.27. The number of carboxylic acids is 1. The zero-order valence-electron chi connectivity index (χ0n) is 11.9. The zero-order chi connectivity index (χ0) is 15.8. The molecule has 7 heteroatoms. The lowest BCUT2D eigenvalue weighted by Crippen LogP contribution is -2.47. The summed E-state index contributed by atoms with van der Waals surface area (Å²) in [6, 6.07) is 0. The van der Waals surface area contributed by atoms with E-state index in [0.717, 1.165) is 4.90 Å². The maximum atomic E-state index is 13.0. The number of carbonyl (C=O) groups is 2.